The van der Waals surface area contributed by atoms with E-state index in [1.54, 1.807) is 14.1 Å². The van der Waals surface area contributed by atoms with Crippen molar-refractivity contribution in [3.8, 4) is 0 Å². The van der Waals surface area contributed by atoms with Crippen LogP contribution in [0.3, 0.4) is 0 Å². The summed E-state index contributed by atoms with van der Waals surface area (Å²) in [7, 11) is 3.22. The third-order valence-corrected chi connectivity index (χ3v) is 2.70. The number of carboxylic acid groups (broad SMARTS) is 1. The minimum Gasteiger partial charge on any atom is -0.480 e. The second-order valence-electron chi connectivity index (χ2n) is 4.89. The van der Waals surface area contributed by atoms with Crippen LogP contribution in [0.15, 0.2) is 0 Å². The molecule has 0 aromatic heterocycles. The number of hydrogen-bond acceptors (Lipinski definition) is 3. The molecule has 0 fully saturated rings. The number of aliphatic carboxylic acids is 1. The van der Waals surface area contributed by atoms with E-state index >= 15 is 0 Å². The fourth-order valence-corrected chi connectivity index (χ4v) is 1.52. The zero-order valence-corrected chi connectivity index (χ0v) is 12.4. The molecule has 116 valence electrons. The van der Waals surface area contributed by atoms with Gasteiger partial charge in [0.1, 0.15) is 5.54 Å². The van der Waals surface area contributed by atoms with Crippen LogP contribution in [0.1, 0.15) is 26.7 Å². The van der Waals surface area contributed by atoms with Gasteiger partial charge in [0.15, 0.2) is 0 Å². The Morgan fingerprint density at radius 2 is 1.70 bits per heavy atom. The lowest BCUT2D eigenvalue weighted by Crippen LogP contribution is -2.55. The molecule has 8 heteroatoms. The van der Waals surface area contributed by atoms with Crippen molar-refractivity contribution in [2.45, 2.75) is 32.2 Å². The zero-order valence-electron chi connectivity index (χ0n) is 12.4. The quantitative estimate of drug-likeness (QED) is 0.501. The minimum absolute atomic E-state index is 0.216. The van der Waals surface area contributed by atoms with E-state index in [9.17, 15) is 14.4 Å². The average Bonchev–Trinajstić information content (AvgIpc) is 2.34. The number of carboxylic acids is 1. The molecule has 8 nitrogen and oxygen atoms in total. The van der Waals surface area contributed by atoms with Crippen molar-refractivity contribution in [2.75, 3.05) is 27.2 Å². The van der Waals surface area contributed by atoms with Crippen LogP contribution >= 0.6 is 0 Å². The molecule has 0 aliphatic rings. The Morgan fingerprint density at radius 1 is 1.15 bits per heavy atom. The van der Waals surface area contributed by atoms with Crippen LogP contribution < -0.4 is 16.0 Å². The molecule has 1 unspecified atom stereocenters. The number of nitrogens with one attached hydrogen (secondary N) is 3. The van der Waals surface area contributed by atoms with Gasteiger partial charge in [0, 0.05) is 27.2 Å². The molecule has 4 amide bonds. The van der Waals surface area contributed by atoms with E-state index in [1.807, 2.05) is 6.92 Å². The fourth-order valence-electron chi connectivity index (χ4n) is 1.52. The number of rotatable bonds is 7. The van der Waals surface area contributed by atoms with Crippen LogP contribution in [-0.4, -0.2) is 60.8 Å². The standard InChI is InChI=1S/C12H24N4O4/c1-5-6-12(2,9(17)18)15-10(19)13-7-8-14-11(20)16(3)4/h5-8H2,1-4H3,(H,14,20)(H,17,18)(H2,13,15,19). The Morgan fingerprint density at radius 3 is 2.15 bits per heavy atom. The Hall–Kier alpha value is -1.99. The van der Waals surface area contributed by atoms with Gasteiger partial charge >= 0.3 is 18.0 Å². The lowest BCUT2D eigenvalue weighted by molar-refractivity contribution is -0.144. The highest BCUT2D eigenvalue weighted by atomic mass is 16.4. The largest absolute Gasteiger partial charge is 0.480 e. The number of urea groups is 2. The molecule has 0 aliphatic heterocycles. The lowest BCUT2D eigenvalue weighted by Gasteiger charge is -2.25. The first kappa shape index (κ1) is 18.0. The molecule has 20 heavy (non-hydrogen) atoms. The second-order valence-corrected chi connectivity index (χ2v) is 4.89. The first-order chi connectivity index (χ1) is 9.23. The molecule has 0 spiro atoms. The summed E-state index contributed by atoms with van der Waals surface area (Å²) >= 11 is 0. The van der Waals surface area contributed by atoms with E-state index in [0.717, 1.165) is 0 Å². The summed E-state index contributed by atoms with van der Waals surface area (Å²) in [6.45, 7) is 3.79. The number of carbonyl (C=O) groups excluding carboxylic acids is 2. The maximum atomic E-state index is 11.6. The van der Waals surface area contributed by atoms with E-state index in [1.165, 1.54) is 11.8 Å². The van der Waals surface area contributed by atoms with Gasteiger partial charge in [0.25, 0.3) is 0 Å². The summed E-state index contributed by atoms with van der Waals surface area (Å²) < 4.78 is 0. The maximum absolute atomic E-state index is 11.6. The summed E-state index contributed by atoms with van der Waals surface area (Å²) in [5.41, 5.74) is -1.29. The van der Waals surface area contributed by atoms with Crippen molar-refractivity contribution < 1.29 is 19.5 Å². The Bertz CT molecular complexity index is 359. The van der Waals surface area contributed by atoms with Crippen molar-refractivity contribution in [3.05, 3.63) is 0 Å². The molecule has 1 atom stereocenters. The van der Waals surface area contributed by atoms with Gasteiger partial charge in [-0.25, -0.2) is 14.4 Å². The van der Waals surface area contributed by atoms with Crippen molar-refractivity contribution in [1.82, 2.24) is 20.9 Å². The van der Waals surface area contributed by atoms with Crippen LogP contribution in [0.4, 0.5) is 9.59 Å². The molecule has 4 N–H and O–H groups in total. The van der Waals surface area contributed by atoms with Gasteiger partial charge in [-0.3, -0.25) is 0 Å². The highest BCUT2D eigenvalue weighted by Gasteiger charge is 2.33. The topological polar surface area (TPSA) is 111 Å². The molecule has 0 bridgehead atoms. The lowest BCUT2D eigenvalue weighted by atomic mass is 9.97. The minimum atomic E-state index is -1.29. The molecule has 0 rings (SSSR count). The maximum Gasteiger partial charge on any atom is 0.329 e. The predicted molar refractivity (Wildman–Crippen MR) is 74.6 cm³/mol. The third kappa shape index (κ3) is 6.26. The molecule has 0 heterocycles. The van der Waals surface area contributed by atoms with E-state index in [0.29, 0.717) is 12.8 Å². The van der Waals surface area contributed by atoms with Crippen molar-refractivity contribution in [3.63, 3.8) is 0 Å². The average molecular weight is 288 g/mol. The predicted octanol–water partition coefficient (Wildman–Crippen LogP) is 0.200. The monoisotopic (exact) mass is 288 g/mol. The molecule has 0 aliphatic carbocycles. The van der Waals surface area contributed by atoms with Crippen molar-refractivity contribution in [1.29, 1.82) is 0 Å². The Labute approximate surface area is 118 Å². The zero-order chi connectivity index (χ0) is 15.8. The normalized spacial score (nSPS) is 13.0. The summed E-state index contributed by atoms with van der Waals surface area (Å²) in [5.74, 6) is -1.07. The van der Waals surface area contributed by atoms with E-state index in [2.05, 4.69) is 16.0 Å². The summed E-state index contributed by atoms with van der Waals surface area (Å²) in [6, 6.07) is -0.823. The Balaban J connectivity index is 4.10. The molecule has 0 aromatic carbocycles. The summed E-state index contributed by atoms with van der Waals surface area (Å²) in [4.78, 5) is 35.3. The van der Waals surface area contributed by atoms with Crippen LogP contribution in [-0.2, 0) is 4.79 Å². The Kier molecular flexibility index (Phi) is 7.42. The van der Waals surface area contributed by atoms with Crippen molar-refractivity contribution >= 4 is 18.0 Å². The first-order valence-corrected chi connectivity index (χ1v) is 6.47. The highest BCUT2D eigenvalue weighted by Crippen LogP contribution is 2.12. The summed E-state index contributed by atoms with van der Waals surface area (Å²) in [6.07, 6.45) is 0.981. The smallest absolute Gasteiger partial charge is 0.329 e. The van der Waals surface area contributed by atoms with Crippen molar-refractivity contribution in [2.24, 2.45) is 0 Å². The molecular formula is C12H24N4O4. The van der Waals surface area contributed by atoms with Crippen LogP contribution in [0.25, 0.3) is 0 Å². The second kappa shape index (κ2) is 8.23. The van der Waals surface area contributed by atoms with Crippen LogP contribution in [0, 0.1) is 0 Å². The number of amides is 4. The molecule has 0 saturated heterocycles. The third-order valence-electron chi connectivity index (χ3n) is 2.70. The van der Waals surface area contributed by atoms with Gasteiger partial charge in [-0.05, 0) is 13.3 Å². The van der Waals surface area contributed by atoms with E-state index in [-0.39, 0.29) is 19.1 Å². The molecule has 0 aromatic rings. The highest BCUT2D eigenvalue weighted by molar-refractivity contribution is 5.85. The summed E-state index contributed by atoms with van der Waals surface area (Å²) in [5, 5.41) is 16.6. The van der Waals surface area contributed by atoms with E-state index < -0.39 is 17.5 Å². The van der Waals surface area contributed by atoms with Gasteiger partial charge in [-0.1, -0.05) is 13.3 Å². The van der Waals surface area contributed by atoms with Crippen LogP contribution in [0.5, 0.6) is 0 Å². The van der Waals surface area contributed by atoms with Gasteiger partial charge in [-0.2, -0.15) is 0 Å². The number of carbonyl (C=O) groups is 3. The fraction of sp³-hybridized carbons (Fsp3) is 0.750. The molecule has 0 saturated carbocycles. The first-order valence-electron chi connectivity index (χ1n) is 6.47. The van der Waals surface area contributed by atoms with Gasteiger partial charge in [0.05, 0.1) is 0 Å². The molecule has 0 radical (unpaired) electrons. The number of hydrogen-bond donors (Lipinski definition) is 4. The van der Waals surface area contributed by atoms with Gasteiger partial charge < -0.3 is 26.0 Å². The molecular weight excluding hydrogens is 264 g/mol. The SMILES string of the molecule is CCCC(C)(NC(=O)NCCNC(=O)N(C)C)C(=O)O. The van der Waals surface area contributed by atoms with Crippen LogP contribution in [0.2, 0.25) is 0 Å². The van der Waals surface area contributed by atoms with Gasteiger partial charge in [0.2, 0.25) is 0 Å². The van der Waals surface area contributed by atoms with Gasteiger partial charge in [-0.15, -0.1) is 0 Å². The van der Waals surface area contributed by atoms with E-state index in [4.69, 9.17) is 5.11 Å². The number of nitrogens with zero attached hydrogens (tertiary/aromatic N) is 1.